The van der Waals surface area contributed by atoms with Gasteiger partial charge in [-0.1, -0.05) is 11.8 Å². The number of nitrogens with zero attached hydrogens (tertiary/aromatic N) is 2. The second-order valence-electron chi connectivity index (χ2n) is 3.08. The van der Waals surface area contributed by atoms with Gasteiger partial charge in [0.05, 0.1) is 12.3 Å². The van der Waals surface area contributed by atoms with Gasteiger partial charge < -0.3 is 4.74 Å². The monoisotopic (exact) mass is 262 g/mol. The molecule has 94 valence electrons. The van der Waals surface area contributed by atoms with Gasteiger partial charge in [-0.3, -0.25) is 0 Å². The number of halogens is 2. The molecule has 0 aliphatic carbocycles. The lowest BCUT2D eigenvalue weighted by Gasteiger charge is -2.10. The molecule has 7 heteroatoms. The predicted molar refractivity (Wildman–Crippen MR) is 59.5 cm³/mol. The molecule has 0 spiro atoms. The predicted octanol–water partition coefficient (Wildman–Crippen LogP) is 2.62. The van der Waals surface area contributed by atoms with Gasteiger partial charge in [0, 0.05) is 0 Å². The Hall–Kier alpha value is -1.24. The molecule has 0 unspecified atom stereocenters. The second kappa shape index (κ2) is 5.90. The maximum absolute atomic E-state index is 12.8. The van der Waals surface area contributed by atoms with Crippen molar-refractivity contribution in [3.8, 4) is 0 Å². The van der Waals surface area contributed by atoms with Crippen molar-refractivity contribution >= 4 is 17.7 Å². The summed E-state index contributed by atoms with van der Waals surface area (Å²) in [5.41, 5.74) is -0.599. The molecular formula is C10H12F2N2O2S. The topological polar surface area (TPSA) is 52.1 Å². The van der Waals surface area contributed by atoms with Crippen molar-refractivity contribution in [1.29, 1.82) is 0 Å². The lowest BCUT2D eigenvalue weighted by molar-refractivity contribution is 0.0511. The first-order valence-electron chi connectivity index (χ1n) is 4.89. The van der Waals surface area contributed by atoms with Gasteiger partial charge in [0.25, 0.3) is 6.43 Å². The zero-order valence-electron chi connectivity index (χ0n) is 9.66. The molecule has 0 aliphatic rings. The fourth-order valence-electron chi connectivity index (χ4n) is 1.27. The van der Waals surface area contributed by atoms with Crippen LogP contribution in [0, 0.1) is 6.92 Å². The molecule has 0 bridgehead atoms. The van der Waals surface area contributed by atoms with Gasteiger partial charge in [0.15, 0.2) is 5.16 Å². The first-order valence-corrected chi connectivity index (χ1v) is 6.11. The average molecular weight is 262 g/mol. The van der Waals surface area contributed by atoms with Gasteiger partial charge in [0.2, 0.25) is 0 Å². The summed E-state index contributed by atoms with van der Waals surface area (Å²) in [4.78, 5) is 19.2. The van der Waals surface area contributed by atoms with Gasteiger partial charge in [-0.05, 0) is 20.1 Å². The zero-order chi connectivity index (χ0) is 13.0. The molecule has 0 saturated heterocycles. The SMILES string of the molecule is CCOC(=O)c1c(C)nc(SC)nc1C(F)F. The van der Waals surface area contributed by atoms with Crippen LogP contribution in [-0.4, -0.2) is 28.8 Å². The zero-order valence-corrected chi connectivity index (χ0v) is 10.5. The molecule has 1 aromatic rings. The largest absolute Gasteiger partial charge is 0.462 e. The molecule has 4 nitrogen and oxygen atoms in total. The number of hydrogen-bond donors (Lipinski definition) is 0. The molecule has 0 radical (unpaired) electrons. The lowest BCUT2D eigenvalue weighted by atomic mass is 10.1. The number of aromatic nitrogens is 2. The maximum atomic E-state index is 12.8. The summed E-state index contributed by atoms with van der Waals surface area (Å²) in [6.07, 6.45) is -1.16. The van der Waals surface area contributed by atoms with E-state index in [4.69, 9.17) is 4.74 Å². The molecule has 0 atom stereocenters. The van der Waals surface area contributed by atoms with E-state index in [-0.39, 0.29) is 23.0 Å². The van der Waals surface area contributed by atoms with Crippen molar-refractivity contribution in [2.45, 2.75) is 25.4 Å². The highest BCUT2D eigenvalue weighted by molar-refractivity contribution is 7.98. The van der Waals surface area contributed by atoms with E-state index in [1.54, 1.807) is 13.2 Å². The summed E-state index contributed by atoms with van der Waals surface area (Å²) in [6.45, 7) is 3.21. The van der Waals surface area contributed by atoms with Crippen molar-refractivity contribution in [2.24, 2.45) is 0 Å². The molecule has 17 heavy (non-hydrogen) atoms. The van der Waals surface area contributed by atoms with Crippen LogP contribution < -0.4 is 0 Å². The van der Waals surface area contributed by atoms with E-state index < -0.39 is 18.1 Å². The Morgan fingerprint density at radius 3 is 2.59 bits per heavy atom. The van der Waals surface area contributed by atoms with Crippen LogP contribution in [0.2, 0.25) is 0 Å². The number of thioether (sulfide) groups is 1. The van der Waals surface area contributed by atoms with E-state index in [0.717, 1.165) is 11.8 Å². The fourth-order valence-corrected chi connectivity index (χ4v) is 1.69. The van der Waals surface area contributed by atoms with Crippen LogP contribution in [0.5, 0.6) is 0 Å². The Balaban J connectivity index is 3.31. The summed E-state index contributed by atoms with van der Waals surface area (Å²) < 4.78 is 30.3. The van der Waals surface area contributed by atoms with Crippen LogP contribution in [0.4, 0.5) is 8.78 Å². The maximum Gasteiger partial charge on any atom is 0.342 e. The third-order valence-electron chi connectivity index (χ3n) is 1.97. The van der Waals surface area contributed by atoms with Crippen LogP contribution in [0.1, 0.15) is 35.1 Å². The summed E-state index contributed by atoms with van der Waals surface area (Å²) in [5, 5.41) is 0.214. The van der Waals surface area contributed by atoms with Crippen molar-refractivity contribution < 1.29 is 18.3 Å². The van der Waals surface area contributed by atoms with Crippen molar-refractivity contribution in [3.05, 3.63) is 17.0 Å². The Bertz CT molecular complexity index is 427. The van der Waals surface area contributed by atoms with E-state index in [1.165, 1.54) is 6.92 Å². The number of aryl methyl sites for hydroxylation is 1. The number of carbonyl (C=O) groups is 1. The summed E-state index contributed by atoms with van der Waals surface area (Å²) in [5.74, 6) is -0.812. The van der Waals surface area contributed by atoms with Gasteiger partial charge >= 0.3 is 5.97 Å². The van der Waals surface area contributed by atoms with Crippen molar-refractivity contribution in [1.82, 2.24) is 9.97 Å². The Labute approximate surface area is 102 Å². The molecule has 1 rings (SSSR count). The van der Waals surface area contributed by atoms with E-state index >= 15 is 0 Å². The minimum Gasteiger partial charge on any atom is -0.462 e. The molecule has 0 aliphatic heterocycles. The molecule has 0 amide bonds. The number of rotatable bonds is 4. The summed E-state index contributed by atoms with van der Waals surface area (Å²) >= 11 is 1.14. The fraction of sp³-hybridized carbons (Fsp3) is 0.500. The number of carbonyl (C=O) groups excluding carboxylic acids is 1. The molecule has 0 N–H and O–H groups in total. The number of alkyl halides is 2. The van der Waals surface area contributed by atoms with Gasteiger partial charge in [-0.2, -0.15) is 0 Å². The van der Waals surface area contributed by atoms with E-state index in [2.05, 4.69) is 9.97 Å². The Morgan fingerprint density at radius 1 is 1.47 bits per heavy atom. The first-order chi connectivity index (χ1) is 8.01. The molecule has 0 aromatic carbocycles. The van der Waals surface area contributed by atoms with Crippen LogP contribution in [0.25, 0.3) is 0 Å². The summed E-state index contributed by atoms with van der Waals surface area (Å²) in [7, 11) is 0. The minimum atomic E-state index is -2.83. The summed E-state index contributed by atoms with van der Waals surface area (Å²) in [6, 6.07) is 0. The highest BCUT2D eigenvalue weighted by atomic mass is 32.2. The quantitative estimate of drug-likeness (QED) is 0.474. The first kappa shape index (κ1) is 13.8. The van der Waals surface area contributed by atoms with Gasteiger partial charge in [-0.15, -0.1) is 0 Å². The van der Waals surface area contributed by atoms with Crippen LogP contribution >= 0.6 is 11.8 Å². The normalized spacial score (nSPS) is 10.7. The smallest absolute Gasteiger partial charge is 0.342 e. The van der Waals surface area contributed by atoms with Crippen LogP contribution in [0.15, 0.2) is 5.16 Å². The van der Waals surface area contributed by atoms with Crippen molar-refractivity contribution in [2.75, 3.05) is 12.9 Å². The number of esters is 1. The van der Waals surface area contributed by atoms with Gasteiger partial charge in [0.1, 0.15) is 11.3 Å². The number of ether oxygens (including phenoxy) is 1. The van der Waals surface area contributed by atoms with Crippen LogP contribution in [-0.2, 0) is 4.74 Å². The number of hydrogen-bond acceptors (Lipinski definition) is 5. The lowest BCUT2D eigenvalue weighted by Crippen LogP contribution is -2.14. The standard InChI is InChI=1S/C10H12F2N2O2S/c1-4-16-9(15)6-5(2)13-10(17-3)14-7(6)8(11)12/h8H,4H2,1-3H3. The third kappa shape index (κ3) is 3.12. The van der Waals surface area contributed by atoms with E-state index in [1.807, 2.05) is 0 Å². The molecule has 1 heterocycles. The highest BCUT2D eigenvalue weighted by Crippen LogP contribution is 2.25. The van der Waals surface area contributed by atoms with Gasteiger partial charge in [-0.25, -0.2) is 23.5 Å². The molecule has 0 saturated carbocycles. The minimum absolute atomic E-state index is 0.116. The molecular weight excluding hydrogens is 250 g/mol. The third-order valence-corrected chi connectivity index (χ3v) is 2.51. The Kier molecular flexibility index (Phi) is 4.80. The molecule has 0 fully saturated rings. The molecule has 1 aromatic heterocycles. The highest BCUT2D eigenvalue weighted by Gasteiger charge is 2.25. The van der Waals surface area contributed by atoms with Crippen LogP contribution in [0.3, 0.4) is 0 Å². The average Bonchev–Trinajstić information content (AvgIpc) is 2.27. The van der Waals surface area contributed by atoms with E-state index in [9.17, 15) is 13.6 Å². The Morgan fingerprint density at radius 2 is 2.12 bits per heavy atom. The second-order valence-corrected chi connectivity index (χ2v) is 3.85. The van der Waals surface area contributed by atoms with Crippen molar-refractivity contribution in [3.63, 3.8) is 0 Å². The van der Waals surface area contributed by atoms with E-state index in [0.29, 0.717) is 0 Å².